The first-order valence-electron chi connectivity index (χ1n) is 18.8. The van der Waals surface area contributed by atoms with Crippen LogP contribution in [0.25, 0.3) is 116 Å². The molecule has 256 valence electrons. The second kappa shape index (κ2) is 11.6. The average Bonchev–Trinajstić information content (AvgIpc) is 3.93. The number of hydrogen-bond acceptors (Lipinski definition) is 2. The summed E-state index contributed by atoms with van der Waals surface area (Å²) in [4.78, 5) is 0. The minimum atomic E-state index is 0.764. The van der Waals surface area contributed by atoms with Gasteiger partial charge in [0.05, 0.1) is 11.0 Å². The fraction of sp³-hybridized carbons (Fsp3) is 0. The number of nitrogens with zero attached hydrogens (tertiary/aromatic N) is 1. The first-order chi connectivity index (χ1) is 27.3. The van der Waals surface area contributed by atoms with E-state index in [1.165, 1.54) is 54.5 Å². The minimum Gasteiger partial charge on any atom is -0.452 e. The number of fused-ring (bicyclic) bond motifs is 10. The average molecular weight is 702 g/mol. The third kappa shape index (κ3) is 4.32. The van der Waals surface area contributed by atoms with Crippen LogP contribution in [0.2, 0.25) is 0 Å². The van der Waals surface area contributed by atoms with E-state index in [9.17, 15) is 0 Å². The van der Waals surface area contributed by atoms with Gasteiger partial charge in [0.2, 0.25) is 0 Å². The van der Waals surface area contributed by atoms with Crippen molar-refractivity contribution in [1.29, 1.82) is 0 Å². The van der Waals surface area contributed by atoms with Crippen molar-refractivity contribution in [2.75, 3.05) is 0 Å². The predicted molar refractivity (Wildman–Crippen MR) is 229 cm³/mol. The summed E-state index contributed by atoms with van der Waals surface area (Å²) in [5.41, 5.74) is 11.6. The molecule has 3 heterocycles. The Morgan fingerprint density at radius 1 is 0.309 bits per heavy atom. The summed E-state index contributed by atoms with van der Waals surface area (Å²) in [6.07, 6.45) is 0. The van der Waals surface area contributed by atoms with Gasteiger partial charge in [-0.05, 0) is 81.2 Å². The zero-order valence-corrected chi connectivity index (χ0v) is 29.7. The highest BCUT2D eigenvalue weighted by atomic mass is 16.4. The smallest absolute Gasteiger partial charge is 0.178 e. The van der Waals surface area contributed by atoms with Gasteiger partial charge in [0.25, 0.3) is 0 Å². The second-order valence-corrected chi connectivity index (χ2v) is 14.4. The summed E-state index contributed by atoms with van der Waals surface area (Å²) in [7, 11) is 0. The molecular weight excluding hydrogens is 671 g/mol. The molecule has 0 spiro atoms. The Morgan fingerprint density at radius 2 is 0.855 bits per heavy atom. The van der Waals surface area contributed by atoms with Crippen LogP contribution in [-0.4, -0.2) is 4.57 Å². The normalized spacial score (nSPS) is 12.0. The molecule has 0 saturated carbocycles. The molecule has 0 saturated heterocycles. The van der Waals surface area contributed by atoms with Crippen molar-refractivity contribution in [1.82, 2.24) is 4.57 Å². The van der Waals surface area contributed by atoms with Gasteiger partial charge in [-0.25, -0.2) is 0 Å². The SMILES string of the molecule is c1ccc(-c2oc3c(ccc4c5ccccc5oc43)c2-c2c3ccccc3c(-c3ccc4c(c3)c3ccccc3n4-c3ccccc3)c3ccccc23)cc1. The van der Waals surface area contributed by atoms with Crippen molar-refractivity contribution in [2.45, 2.75) is 0 Å². The van der Waals surface area contributed by atoms with Crippen LogP contribution in [0.5, 0.6) is 0 Å². The Morgan fingerprint density at radius 3 is 1.58 bits per heavy atom. The predicted octanol–water partition coefficient (Wildman–Crippen LogP) is 14.7. The molecule has 0 N–H and O–H groups in total. The molecule has 0 fully saturated rings. The lowest BCUT2D eigenvalue weighted by Gasteiger charge is -2.18. The maximum Gasteiger partial charge on any atom is 0.178 e. The van der Waals surface area contributed by atoms with Crippen molar-refractivity contribution in [3.8, 4) is 39.3 Å². The number of para-hydroxylation sites is 3. The standard InChI is InChI=1S/C52H31NO2/c1-3-15-32(16-4-1)50-49(42-29-28-41-36-20-12-14-26-46(36)54-51(41)52(42)55-50)48-39-23-9-7-21-37(39)47(38-22-8-10-24-40(38)48)33-27-30-45-43(31-33)35-19-11-13-25-44(35)53(45)34-17-5-2-6-18-34/h1-31H. The van der Waals surface area contributed by atoms with Gasteiger partial charge in [0.1, 0.15) is 11.3 Å². The summed E-state index contributed by atoms with van der Waals surface area (Å²) in [6.45, 7) is 0. The van der Waals surface area contributed by atoms with Gasteiger partial charge < -0.3 is 13.4 Å². The molecule has 0 bridgehead atoms. The van der Waals surface area contributed by atoms with E-state index in [2.05, 4.69) is 180 Å². The zero-order valence-electron chi connectivity index (χ0n) is 29.7. The molecule has 0 unspecified atom stereocenters. The number of benzene rings is 9. The van der Waals surface area contributed by atoms with Gasteiger partial charge >= 0.3 is 0 Å². The molecule has 12 rings (SSSR count). The number of hydrogen-bond donors (Lipinski definition) is 0. The molecule has 0 aliphatic rings. The van der Waals surface area contributed by atoms with E-state index in [-0.39, 0.29) is 0 Å². The fourth-order valence-electron chi connectivity index (χ4n) is 9.07. The lowest BCUT2D eigenvalue weighted by molar-refractivity contribution is 0.612. The van der Waals surface area contributed by atoms with Crippen molar-refractivity contribution in [3.05, 3.63) is 188 Å². The first kappa shape index (κ1) is 30.1. The zero-order chi connectivity index (χ0) is 36.0. The minimum absolute atomic E-state index is 0.764. The molecule has 0 aliphatic carbocycles. The summed E-state index contributed by atoms with van der Waals surface area (Å²) in [5, 5.41) is 10.4. The molecule has 55 heavy (non-hydrogen) atoms. The molecule has 3 heteroatoms. The Kier molecular flexibility index (Phi) is 6.34. The topological polar surface area (TPSA) is 31.2 Å². The third-order valence-corrected chi connectivity index (χ3v) is 11.4. The second-order valence-electron chi connectivity index (χ2n) is 14.4. The van der Waals surface area contributed by atoms with Crippen molar-refractivity contribution in [3.63, 3.8) is 0 Å². The molecule has 0 atom stereocenters. The van der Waals surface area contributed by atoms with Crippen molar-refractivity contribution < 1.29 is 8.83 Å². The van der Waals surface area contributed by atoms with Gasteiger partial charge in [0, 0.05) is 49.3 Å². The molecule has 0 aliphatic heterocycles. The first-order valence-corrected chi connectivity index (χ1v) is 18.8. The highest BCUT2D eigenvalue weighted by molar-refractivity contribution is 6.27. The number of aromatic nitrogens is 1. The van der Waals surface area contributed by atoms with Crippen LogP contribution in [0.4, 0.5) is 0 Å². The van der Waals surface area contributed by atoms with E-state index in [1.54, 1.807) is 0 Å². The summed E-state index contributed by atoms with van der Waals surface area (Å²) < 4.78 is 16.0. The monoisotopic (exact) mass is 701 g/mol. The van der Waals surface area contributed by atoms with Crippen LogP contribution < -0.4 is 0 Å². The van der Waals surface area contributed by atoms with E-state index >= 15 is 0 Å². The molecule has 3 aromatic heterocycles. The molecule has 0 amide bonds. The Hall–Kier alpha value is -7.36. The lowest BCUT2D eigenvalue weighted by atomic mass is 9.84. The van der Waals surface area contributed by atoms with E-state index in [4.69, 9.17) is 8.83 Å². The van der Waals surface area contributed by atoms with E-state index in [1.807, 2.05) is 12.1 Å². The summed E-state index contributed by atoms with van der Waals surface area (Å²) >= 11 is 0. The van der Waals surface area contributed by atoms with Crippen molar-refractivity contribution in [2.24, 2.45) is 0 Å². The van der Waals surface area contributed by atoms with Crippen LogP contribution >= 0.6 is 0 Å². The van der Waals surface area contributed by atoms with Gasteiger partial charge in [-0.15, -0.1) is 0 Å². The molecule has 12 aromatic rings. The van der Waals surface area contributed by atoms with Gasteiger partial charge in [-0.3, -0.25) is 0 Å². The van der Waals surface area contributed by atoms with Gasteiger partial charge in [-0.1, -0.05) is 140 Å². The highest BCUT2D eigenvalue weighted by Gasteiger charge is 2.26. The maximum atomic E-state index is 7.03. The summed E-state index contributed by atoms with van der Waals surface area (Å²) in [6, 6.07) is 67.2. The number of furan rings is 2. The van der Waals surface area contributed by atoms with E-state index in [0.717, 1.165) is 61.0 Å². The van der Waals surface area contributed by atoms with Crippen LogP contribution in [-0.2, 0) is 0 Å². The lowest BCUT2D eigenvalue weighted by Crippen LogP contribution is -1.93. The van der Waals surface area contributed by atoms with Gasteiger partial charge in [0.15, 0.2) is 11.2 Å². The Balaban J connectivity index is 1.19. The Bertz CT molecular complexity index is 3420. The van der Waals surface area contributed by atoms with E-state index in [0.29, 0.717) is 0 Å². The van der Waals surface area contributed by atoms with Crippen LogP contribution in [0.3, 0.4) is 0 Å². The largest absolute Gasteiger partial charge is 0.452 e. The molecule has 3 nitrogen and oxygen atoms in total. The fourth-order valence-corrected chi connectivity index (χ4v) is 9.07. The van der Waals surface area contributed by atoms with Crippen LogP contribution in [0.1, 0.15) is 0 Å². The van der Waals surface area contributed by atoms with Crippen molar-refractivity contribution >= 4 is 76.3 Å². The quantitative estimate of drug-likeness (QED) is 0.171. The maximum absolute atomic E-state index is 7.03. The highest BCUT2D eigenvalue weighted by Crippen LogP contribution is 2.51. The van der Waals surface area contributed by atoms with Crippen LogP contribution in [0, 0.1) is 0 Å². The molecule has 0 radical (unpaired) electrons. The molecular formula is C52H31NO2. The number of rotatable bonds is 4. The van der Waals surface area contributed by atoms with Crippen LogP contribution in [0.15, 0.2) is 197 Å². The van der Waals surface area contributed by atoms with E-state index < -0.39 is 0 Å². The Labute approximate surface area is 315 Å². The summed E-state index contributed by atoms with van der Waals surface area (Å²) in [5.74, 6) is 0.835. The molecule has 9 aromatic carbocycles. The van der Waals surface area contributed by atoms with Gasteiger partial charge in [-0.2, -0.15) is 0 Å². The third-order valence-electron chi connectivity index (χ3n) is 11.4.